The van der Waals surface area contributed by atoms with Crippen LogP contribution in [0.15, 0.2) is 78.9 Å². The Morgan fingerprint density at radius 3 is 1.59 bits per heavy atom. The first kappa shape index (κ1) is 40.9. The van der Waals surface area contributed by atoms with Gasteiger partial charge in [-0.1, -0.05) is 146 Å². The van der Waals surface area contributed by atoms with E-state index in [2.05, 4.69) is 69.3 Å². The molecule has 51 heavy (non-hydrogen) atoms. The maximum absolute atomic E-state index is 6.54. The van der Waals surface area contributed by atoms with E-state index in [1.165, 1.54) is 57.8 Å². The maximum atomic E-state index is 6.54. The zero-order valence-corrected chi connectivity index (χ0v) is 32.0. The smallest absolute Gasteiger partial charge is 0.123 e. The number of hydrogen-bond acceptors (Lipinski definition) is 6. The van der Waals surface area contributed by atoms with Crippen molar-refractivity contribution in [3.8, 4) is 11.5 Å². The third kappa shape index (κ3) is 16.5. The molecular weight excluding hydrogens is 636 g/mol. The highest BCUT2D eigenvalue weighted by atomic mass is 16.5. The summed E-state index contributed by atoms with van der Waals surface area (Å²) in [6.45, 7) is 12.3. The summed E-state index contributed by atoms with van der Waals surface area (Å²) in [5.74, 6) is 1.71. The molecule has 282 valence electrons. The van der Waals surface area contributed by atoms with Crippen molar-refractivity contribution < 1.29 is 28.4 Å². The van der Waals surface area contributed by atoms with E-state index in [1.807, 2.05) is 30.3 Å². The monoisotopic (exact) mass is 702 g/mol. The number of rotatable bonds is 19. The van der Waals surface area contributed by atoms with Crippen molar-refractivity contribution >= 4 is 0 Å². The van der Waals surface area contributed by atoms with Crippen LogP contribution in [0.1, 0.15) is 108 Å². The Balaban J connectivity index is 1.51. The molecule has 3 aromatic carbocycles. The van der Waals surface area contributed by atoms with Crippen LogP contribution in [-0.2, 0) is 38.6 Å². The Kier molecular flexibility index (Phi) is 18.9. The fraction of sp³-hybridized carbons (Fsp3) is 0.600. The van der Waals surface area contributed by atoms with E-state index in [0.29, 0.717) is 66.1 Å². The van der Waals surface area contributed by atoms with Crippen molar-refractivity contribution in [3.63, 3.8) is 0 Å². The van der Waals surface area contributed by atoms with Gasteiger partial charge in [0.25, 0.3) is 0 Å². The second-order valence-electron chi connectivity index (χ2n) is 15.3. The van der Waals surface area contributed by atoms with Crippen molar-refractivity contribution in [2.45, 2.75) is 111 Å². The van der Waals surface area contributed by atoms with Crippen molar-refractivity contribution in [2.75, 3.05) is 52.9 Å². The molecule has 1 heterocycles. The molecule has 1 aliphatic rings. The summed E-state index contributed by atoms with van der Waals surface area (Å²) in [6.07, 6.45) is 14.8. The second-order valence-corrected chi connectivity index (χ2v) is 15.3. The predicted octanol–water partition coefficient (Wildman–Crippen LogP) is 10.8. The lowest BCUT2D eigenvalue weighted by molar-refractivity contribution is -0.0771. The highest BCUT2D eigenvalue weighted by molar-refractivity contribution is 5.41. The van der Waals surface area contributed by atoms with Crippen molar-refractivity contribution in [1.82, 2.24) is 0 Å². The molecule has 1 fully saturated rings. The Labute approximate surface area is 309 Å². The molecule has 0 aromatic heterocycles. The van der Waals surface area contributed by atoms with E-state index in [-0.39, 0.29) is 10.8 Å². The molecule has 0 amide bonds. The van der Waals surface area contributed by atoms with Crippen LogP contribution in [-0.4, -0.2) is 52.9 Å². The maximum Gasteiger partial charge on any atom is 0.123 e. The van der Waals surface area contributed by atoms with Crippen LogP contribution >= 0.6 is 0 Å². The van der Waals surface area contributed by atoms with Gasteiger partial charge in [-0.05, 0) is 47.7 Å². The van der Waals surface area contributed by atoms with Gasteiger partial charge in [-0.25, -0.2) is 0 Å². The fourth-order valence-electron chi connectivity index (χ4n) is 6.72. The molecule has 0 radical (unpaired) electrons. The summed E-state index contributed by atoms with van der Waals surface area (Å²) in [6, 6.07) is 26.9. The number of unbranched alkanes of at least 4 members (excludes halogenated alkanes) is 9. The van der Waals surface area contributed by atoms with Crippen LogP contribution < -0.4 is 9.47 Å². The summed E-state index contributed by atoms with van der Waals surface area (Å²) in [5.41, 5.74) is 3.10. The van der Waals surface area contributed by atoms with Crippen LogP contribution in [0.3, 0.4) is 0 Å². The quantitative estimate of drug-likeness (QED) is 0.116. The number of ether oxygens (including phenoxy) is 6. The standard InChI is InChI=1S/C45H66O6/c1-4-5-6-7-8-9-10-11-12-19-26-45(37-48-29-27-46-35-44(2,3)36-47-28-30-49-38-45)32-41-31-42(50-33-39-20-15-13-16-21-39)24-25-43(41)51-34-40-22-17-14-18-23-40/h13-18,20-25,31H,4-12,19,26-30,32-38H2,1-3H3. The lowest BCUT2D eigenvalue weighted by Gasteiger charge is -2.35. The third-order valence-corrected chi connectivity index (χ3v) is 9.69. The Morgan fingerprint density at radius 1 is 0.549 bits per heavy atom. The van der Waals surface area contributed by atoms with Crippen LogP contribution in [0, 0.1) is 10.8 Å². The highest BCUT2D eigenvalue weighted by Gasteiger charge is 2.33. The van der Waals surface area contributed by atoms with Gasteiger partial charge in [0.05, 0.1) is 52.9 Å². The fourth-order valence-corrected chi connectivity index (χ4v) is 6.72. The molecule has 4 rings (SSSR count). The molecule has 0 N–H and O–H groups in total. The minimum absolute atomic E-state index is 0.0485. The molecule has 0 spiro atoms. The first-order valence-electron chi connectivity index (χ1n) is 19.7. The SMILES string of the molecule is CCCCCCCCCCCCC1(Cc2cc(OCc3ccccc3)ccc2OCc2ccccc2)COCCOCC(C)(C)COCCOC1. The molecule has 0 bridgehead atoms. The zero-order chi connectivity index (χ0) is 35.9. The van der Waals surface area contributed by atoms with Gasteiger partial charge in [-0.2, -0.15) is 0 Å². The molecule has 3 aromatic rings. The molecule has 1 saturated heterocycles. The van der Waals surface area contributed by atoms with Gasteiger partial charge in [-0.3, -0.25) is 0 Å². The molecule has 0 unspecified atom stereocenters. The first-order valence-corrected chi connectivity index (χ1v) is 19.7. The number of hydrogen-bond donors (Lipinski definition) is 0. The first-order chi connectivity index (χ1) is 25.0. The van der Waals surface area contributed by atoms with Gasteiger partial charge in [0, 0.05) is 10.8 Å². The molecule has 6 nitrogen and oxygen atoms in total. The molecule has 0 aliphatic carbocycles. The second kappa shape index (κ2) is 23.6. The van der Waals surface area contributed by atoms with E-state index in [4.69, 9.17) is 28.4 Å². The summed E-state index contributed by atoms with van der Waals surface area (Å²) in [5, 5.41) is 0. The Bertz CT molecular complexity index is 1290. The van der Waals surface area contributed by atoms with Gasteiger partial charge in [0.15, 0.2) is 0 Å². The lowest BCUT2D eigenvalue weighted by Crippen LogP contribution is -2.37. The predicted molar refractivity (Wildman–Crippen MR) is 208 cm³/mol. The van der Waals surface area contributed by atoms with Crippen LogP contribution in [0.25, 0.3) is 0 Å². The van der Waals surface area contributed by atoms with E-state index in [0.717, 1.165) is 47.5 Å². The Morgan fingerprint density at radius 2 is 1.04 bits per heavy atom. The van der Waals surface area contributed by atoms with Crippen molar-refractivity contribution in [2.24, 2.45) is 10.8 Å². The van der Waals surface area contributed by atoms with E-state index in [1.54, 1.807) is 0 Å². The largest absolute Gasteiger partial charge is 0.489 e. The third-order valence-electron chi connectivity index (χ3n) is 9.69. The molecular formula is C45H66O6. The summed E-state index contributed by atoms with van der Waals surface area (Å²) >= 11 is 0. The van der Waals surface area contributed by atoms with Crippen LogP contribution in [0.2, 0.25) is 0 Å². The highest BCUT2D eigenvalue weighted by Crippen LogP contribution is 2.37. The topological polar surface area (TPSA) is 55.4 Å². The van der Waals surface area contributed by atoms with E-state index < -0.39 is 0 Å². The normalized spacial score (nSPS) is 17.0. The average Bonchev–Trinajstić information content (AvgIpc) is 3.14. The van der Waals surface area contributed by atoms with Crippen molar-refractivity contribution in [1.29, 1.82) is 0 Å². The van der Waals surface area contributed by atoms with Crippen molar-refractivity contribution in [3.05, 3.63) is 95.6 Å². The molecule has 0 saturated carbocycles. The van der Waals surface area contributed by atoms with Gasteiger partial charge in [-0.15, -0.1) is 0 Å². The van der Waals surface area contributed by atoms with E-state index in [9.17, 15) is 0 Å². The minimum atomic E-state index is -0.244. The summed E-state index contributed by atoms with van der Waals surface area (Å²) in [7, 11) is 0. The van der Waals surface area contributed by atoms with Crippen LogP contribution in [0.5, 0.6) is 11.5 Å². The molecule has 6 heteroatoms. The van der Waals surface area contributed by atoms with Gasteiger partial charge in [0.1, 0.15) is 24.7 Å². The summed E-state index contributed by atoms with van der Waals surface area (Å²) in [4.78, 5) is 0. The van der Waals surface area contributed by atoms with Gasteiger partial charge in [0.2, 0.25) is 0 Å². The van der Waals surface area contributed by atoms with E-state index >= 15 is 0 Å². The molecule has 0 atom stereocenters. The van der Waals surface area contributed by atoms with Gasteiger partial charge >= 0.3 is 0 Å². The zero-order valence-electron chi connectivity index (χ0n) is 32.0. The van der Waals surface area contributed by atoms with Crippen LogP contribution in [0.4, 0.5) is 0 Å². The minimum Gasteiger partial charge on any atom is -0.489 e. The average molecular weight is 703 g/mol. The van der Waals surface area contributed by atoms with Gasteiger partial charge < -0.3 is 28.4 Å². The Hall–Kier alpha value is -2.90. The lowest BCUT2D eigenvalue weighted by atomic mass is 9.78. The molecule has 1 aliphatic heterocycles. The summed E-state index contributed by atoms with van der Waals surface area (Å²) < 4.78 is 37.9. The number of benzene rings is 3.